The lowest BCUT2D eigenvalue weighted by Gasteiger charge is -2.46. The summed E-state index contributed by atoms with van der Waals surface area (Å²) in [6, 6.07) is 6.01. The number of ether oxygens (including phenoxy) is 5. The Hall–Kier alpha value is -1.99. The number of carbonyl (C=O) groups is 1. The summed E-state index contributed by atoms with van der Waals surface area (Å²) in [4.78, 5) is 12.4. The van der Waals surface area contributed by atoms with E-state index < -0.39 is 86.8 Å². The highest BCUT2D eigenvalue weighted by Gasteiger charge is 2.52. The van der Waals surface area contributed by atoms with E-state index in [2.05, 4.69) is 0 Å². The fourth-order valence-electron chi connectivity index (χ4n) is 3.99. The van der Waals surface area contributed by atoms with Crippen molar-refractivity contribution >= 4 is 11.6 Å². The first-order valence-corrected chi connectivity index (χ1v) is 10.7. The fourth-order valence-corrected chi connectivity index (χ4v) is 3.99. The molecule has 11 unspecified atom stereocenters. The number of carbonyl (C=O) groups excluding carboxylic acids is 1. The van der Waals surface area contributed by atoms with Crippen LogP contribution in [0.15, 0.2) is 24.3 Å². The summed E-state index contributed by atoms with van der Waals surface area (Å²) < 4.78 is 26.9. The zero-order chi connectivity index (χ0) is 25.4. The predicted octanol–water partition coefficient (Wildman–Crippen LogP) is -4.23. The third-order valence-electron chi connectivity index (χ3n) is 5.96. The quantitative estimate of drug-likeness (QED) is 0.171. The van der Waals surface area contributed by atoms with Gasteiger partial charge in [-0.2, -0.15) is 5.06 Å². The summed E-state index contributed by atoms with van der Waals surface area (Å²) >= 11 is 0. The molecule has 0 saturated carbocycles. The Labute approximate surface area is 197 Å². The number of rotatable bonds is 6. The number of hydrogen-bond donors (Lipinski definition) is 8. The van der Waals surface area contributed by atoms with E-state index in [0.29, 0.717) is 5.06 Å². The maximum atomic E-state index is 12.4. The van der Waals surface area contributed by atoms with E-state index in [1.807, 2.05) is 0 Å². The third kappa shape index (κ3) is 4.86. The number of amides is 1. The van der Waals surface area contributed by atoms with Gasteiger partial charge in [0.15, 0.2) is 12.6 Å². The van der Waals surface area contributed by atoms with Crippen LogP contribution in [0, 0.1) is 0 Å². The van der Waals surface area contributed by atoms with Crippen LogP contribution in [-0.4, -0.2) is 128 Å². The number of aliphatic hydroxyl groups is 7. The molecule has 0 radical (unpaired) electrons. The Kier molecular flexibility index (Phi) is 7.86. The maximum Gasteiger partial charge on any atom is 0.320 e. The second kappa shape index (κ2) is 10.6. The number of anilines is 1. The Morgan fingerprint density at radius 3 is 2.09 bits per heavy atom. The summed E-state index contributed by atoms with van der Waals surface area (Å²) in [5.74, 6) is -0.956. The molecular formula is C20H27NO14. The average Bonchev–Trinajstić information content (AvgIpc) is 2.86. The van der Waals surface area contributed by atoms with Gasteiger partial charge < -0.3 is 59.4 Å². The number of fused-ring (bicyclic) bond motifs is 1. The summed E-state index contributed by atoms with van der Waals surface area (Å²) in [6.45, 7) is -1.52. The minimum Gasteiger partial charge on any atom is -0.453 e. The number of para-hydroxylation sites is 2. The number of hydroxylamine groups is 1. The molecule has 2 fully saturated rings. The summed E-state index contributed by atoms with van der Waals surface area (Å²) in [5, 5.41) is 80.6. The molecule has 3 aliphatic rings. The van der Waals surface area contributed by atoms with Crippen molar-refractivity contribution in [3.05, 3.63) is 24.3 Å². The molecule has 0 bridgehead atoms. The van der Waals surface area contributed by atoms with Crippen molar-refractivity contribution < 1.29 is 69.4 Å². The normalized spacial score (nSPS) is 41.9. The van der Waals surface area contributed by atoms with Gasteiger partial charge in [0.25, 0.3) is 6.29 Å². The lowest BCUT2D eigenvalue weighted by atomic mass is 9.97. The zero-order valence-corrected chi connectivity index (χ0v) is 18.0. The lowest BCUT2D eigenvalue weighted by Crippen LogP contribution is -2.65. The van der Waals surface area contributed by atoms with E-state index in [1.54, 1.807) is 12.1 Å². The predicted molar refractivity (Wildman–Crippen MR) is 108 cm³/mol. The zero-order valence-electron chi connectivity index (χ0n) is 18.0. The van der Waals surface area contributed by atoms with Crippen LogP contribution < -0.4 is 9.80 Å². The average molecular weight is 505 g/mol. The SMILES string of the molecule is O=C1C(OC2OC(CO)C(OC3OC(CO)C(O)C(O)C3O)C(O)C2O)Oc2ccccc2N1O. The van der Waals surface area contributed by atoms with Crippen molar-refractivity contribution in [2.75, 3.05) is 18.3 Å². The van der Waals surface area contributed by atoms with Gasteiger partial charge in [-0.25, -0.2) is 0 Å². The van der Waals surface area contributed by atoms with Crippen molar-refractivity contribution in [3.63, 3.8) is 0 Å². The van der Waals surface area contributed by atoms with E-state index in [1.165, 1.54) is 12.1 Å². The van der Waals surface area contributed by atoms with Crippen molar-refractivity contribution in [2.45, 2.75) is 67.7 Å². The smallest absolute Gasteiger partial charge is 0.320 e. The van der Waals surface area contributed by atoms with Gasteiger partial charge in [-0.1, -0.05) is 12.1 Å². The molecule has 196 valence electrons. The van der Waals surface area contributed by atoms with E-state index in [4.69, 9.17) is 23.7 Å². The van der Waals surface area contributed by atoms with E-state index in [-0.39, 0.29) is 11.4 Å². The van der Waals surface area contributed by atoms with E-state index in [0.717, 1.165) is 0 Å². The standard InChI is InChI=1S/C20H27NO14/c22-5-9-11(24)12(25)14(27)18(32-9)34-16-10(6-23)33-19(15(28)13(16)26)35-20-17(29)21(30)7-3-1-2-4-8(7)31-20/h1-4,9-16,18-20,22-28,30H,5-6H2. The number of hydrogen-bond acceptors (Lipinski definition) is 14. The van der Waals surface area contributed by atoms with Crippen LogP contribution in [0.5, 0.6) is 5.75 Å². The largest absolute Gasteiger partial charge is 0.453 e. The fraction of sp³-hybridized carbons (Fsp3) is 0.650. The van der Waals surface area contributed by atoms with Gasteiger partial charge in [0.2, 0.25) is 0 Å². The topological polar surface area (TPSA) is 228 Å². The molecule has 35 heavy (non-hydrogen) atoms. The molecule has 1 aromatic rings. The Bertz CT molecular complexity index is 885. The molecule has 0 aliphatic carbocycles. The van der Waals surface area contributed by atoms with Crippen LogP contribution in [0.3, 0.4) is 0 Å². The molecule has 2 saturated heterocycles. The van der Waals surface area contributed by atoms with Crippen molar-refractivity contribution in [1.29, 1.82) is 0 Å². The first-order valence-electron chi connectivity index (χ1n) is 10.7. The Morgan fingerprint density at radius 1 is 0.800 bits per heavy atom. The molecule has 15 nitrogen and oxygen atoms in total. The first kappa shape index (κ1) is 26.1. The van der Waals surface area contributed by atoms with Crippen LogP contribution >= 0.6 is 0 Å². The van der Waals surface area contributed by atoms with E-state index >= 15 is 0 Å². The lowest BCUT2D eigenvalue weighted by molar-refractivity contribution is -0.366. The minimum atomic E-state index is -1.88. The maximum absolute atomic E-state index is 12.4. The number of aliphatic hydroxyl groups excluding tert-OH is 7. The molecule has 4 rings (SSSR count). The molecule has 0 spiro atoms. The molecule has 0 aromatic heterocycles. The molecule has 15 heteroatoms. The molecule has 8 N–H and O–H groups in total. The summed E-state index contributed by atoms with van der Waals surface area (Å²) in [5.41, 5.74) is 0.0590. The molecule has 1 amide bonds. The second-order valence-electron chi connectivity index (χ2n) is 8.21. The third-order valence-corrected chi connectivity index (χ3v) is 5.96. The first-order chi connectivity index (χ1) is 16.7. The molecular weight excluding hydrogens is 478 g/mol. The number of nitrogens with zero attached hydrogens (tertiary/aromatic N) is 1. The van der Waals surface area contributed by atoms with Gasteiger partial charge >= 0.3 is 5.91 Å². The highest BCUT2D eigenvalue weighted by atomic mass is 16.8. The molecule has 3 heterocycles. The van der Waals surface area contributed by atoms with Crippen molar-refractivity contribution in [1.82, 2.24) is 0 Å². The highest BCUT2D eigenvalue weighted by molar-refractivity contribution is 5.97. The van der Waals surface area contributed by atoms with Crippen LogP contribution in [0.25, 0.3) is 0 Å². The van der Waals surface area contributed by atoms with Gasteiger partial charge in [0.05, 0.1) is 13.2 Å². The van der Waals surface area contributed by atoms with Crippen LogP contribution in [0.1, 0.15) is 0 Å². The summed E-state index contributed by atoms with van der Waals surface area (Å²) in [7, 11) is 0. The summed E-state index contributed by atoms with van der Waals surface area (Å²) in [6.07, 6.45) is -18.4. The van der Waals surface area contributed by atoms with Crippen molar-refractivity contribution in [3.8, 4) is 5.75 Å². The molecule has 1 aromatic carbocycles. The number of benzene rings is 1. The van der Waals surface area contributed by atoms with E-state index in [9.17, 15) is 45.7 Å². The Morgan fingerprint density at radius 2 is 1.40 bits per heavy atom. The van der Waals surface area contributed by atoms with Gasteiger partial charge in [-0.05, 0) is 12.1 Å². The monoisotopic (exact) mass is 505 g/mol. The molecule has 3 aliphatic heterocycles. The van der Waals surface area contributed by atoms with Gasteiger partial charge in [-0.15, -0.1) is 0 Å². The molecule has 11 atom stereocenters. The van der Waals surface area contributed by atoms with Gasteiger partial charge in [0, 0.05) is 0 Å². The highest BCUT2D eigenvalue weighted by Crippen LogP contribution is 2.35. The van der Waals surface area contributed by atoms with Crippen LogP contribution in [0.2, 0.25) is 0 Å². The van der Waals surface area contributed by atoms with Gasteiger partial charge in [0.1, 0.15) is 60.3 Å². The van der Waals surface area contributed by atoms with Gasteiger partial charge in [-0.3, -0.25) is 10.0 Å². The Balaban J connectivity index is 1.46. The van der Waals surface area contributed by atoms with Crippen LogP contribution in [-0.2, 0) is 23.7 Å². The minimum absolute atomic E-state index is 0.0590. The van der Waals surface area contributed by atoms with Crippen LogP contribution in [0.4, 0.5) is 5.69 Å². The van der Waals surface area contributed by atoms with Crippen molar-refractivity contribution in [2.24, 2.45) is 0 Å². The second-order valence-corrected chi connectivity index (χ2v) is 8.21.